The summed E-state index contributed by atoms with van der Waals surface area (Å²) in [6, 6.07) is -0.169. The largest absolute Gasteiger partial charge is 0.353 e. The smallest absolute Gasteiger partial charge is 0.245 e. The maximum atomic E-state index is 13.2. The number of rotatable bonds is 3. The third kappa shape index (κ3) is 6.94. The van der Waals surface area contributed by atoms with Crippen molar-refractivity contribution < 1.29 is 19.2 Å². The van der Waals surface area contributed by atoms with Crippen LogP contribution in [0.3, 0.4) is 0 Å². The van der Waals surface area contributed by atoms with E-state index in [9.17, 15) is 24.4 Å². The molecule has 31 heavy (non-hydrogen) atoms. The fraction of sp³-hybridized carbons (Fsp3) is 0.773. The van der Waals surface area contributed by atoms with Crippen molar-refractivity contribution in [1.82, 2.24) is 20.9 Å². The van der Waals surface area contributed by atoms with Crippen LogP contribution < -0.4 is 16.0 Å². The van der Waals surface area contributed by atoms with Crippen LogP contribution in [0.25, 0.3) is 0 Å². The van der Waals surface area contributed by atoms with E-state index in [4.69, 9.17) is 0 Å². The van der Waals surface area contributed by atoms with Gasteiger partial charge in [-0.05, 0) is 38.0 Å². The molecule has 2 bridgehead atoms. The van der Waals surface area contributed by atoms with Gasteiger partial charge in [-0.15, -0.1) is 0 Å². The highest BCUT2D eigenvalue weighted by Crippen LogP contribution is 2.25. The number of carbonyl (C=O) groups is 4. The minimum absolute atomic E-state index is 0.0314. The van der Waals surface area contributed by atoms with Gasteiger partial charge < -0.3 is 20.9 Å². The first-order valence-corrected chi connectivity index (χ1v) is 11.2. The number of nitriles is 1. The molecule has 9 heteroatoms. The lowest BCUT2D eigenvalue weighted by atomic mass is 9.94. The topological polar surface area (TPSA) is 131 Å². The van der Waals surface area contributed by atoms with Gasteiger partial charge in [-0.3, -0.25) is 19.2 Å². The summed E-state index contributed by atoms with van der Waals surface area (Å²) in [5.41, 5.74) is 0. The molecule has 2 fully saturated rings. The molecule has 2 aliphatic heterocycles. The lowest BCUT2D eigenvalue weighted by Gasteiger charge is -2.32. The number of fused-ring (bicyclic) bond motifs is 2. The van der Waals surface area contributed by atoms with Crippen LogP contribution in [0.15, 0.2) is 0 Å². The van der Waals surface area contributed by atoms with E-state index < -0.39 is 24.0 Å². The highest BCUT2D eigenvalue weighted by Gasteiger charge is 2.37. The van der Waals surface area contributed by atoms with Crippen molar-refractivity contribution in [3.8, 4) is 6.07 Å². The van der Waals surface area contributed by atoms with Crippen LogP contribution in [-0.2, 0) is 19.2 Å². The molecule has 2 rings (SSSR count). The quantitative estimate of drug-likeness (QED) is 0.607. The van der Waals surface area contributed by atoms with E-state index in [0.29, 0.717) is 25.7 Å². The van der Waals surface area contributed by atoms with Gasteiger partial charge >= 0.3 is 0 Å². The molecule has 2 saturated heterocycles. The minimum atomic E-state index is -0.809. The highest BCUT2D eigenvalue weighted by molar-refractivity contribution is 5.92. The van der Waals surface area contributed by atoms with Crippen LogP contribution in [0.5, 0.6) is 0 Å². The highest BCUT2D eigenvalue weighted by atomic mass is 16.2. The molecular formula is C22H35N5O4. The van der Waals surface area contributed by atoms with Gasteiger partial charge in [0.15, 0.2) is 0 Å². The summed E-state index contributed by atoms with van der Waals surface area (Å²) in [6.07, 6.45) is 4.07. The van der Waals surface area contributed by atoms with Gasteiger partial charge in [0, 0.05) is 25.9 Å². The zero-order chi connectivity index (χ0) is 23.1. The Morgan fingerprint density at radius 1 is 1.16 bits per heavy atom. The molecule has 0 aromatic heterocycles. The maximum Gasteiger partial charge on any atom is 0.245 e. The van der Waals surface area contributed by atoms with E-state index in [1.807, 2.05) is 13.8 Å². The number of likely N-dealkylation sites (N-methyl/N-ethyl adjacent to an activating group) is 1. The molecule has 0 saturated carbocycles. The molecule has 4 amide bonds. The summed E-state index contributed by atoms with van der Waals surface area (Å²) in [5.74, 6) is -1.28. The number of nitrogens with one attached hydrogen (secondary N) is 3. The summed E-state index contributed by atoms with van der Waals surface area (Å²) in [5, 5.41) is 18.0. The summed E-state index contributed by atoms with van der Waals surface area (Å²) in [6.45, 7) is 5.28. The second-order valence-corrected chi connectivity index (χ2v) is 9.20. The number of hydrogen-bond donors (Lipinski definition) is 3. The van der Waals surface area contributed by atoms with Crippen LogP contribution in [0.4, 0.5) is 0 Å². The standard InChI is InChI=1S/C22H35N5O4/c1-13(2)9-19-21(30)26-17(12-23)11-15-10-16(25-20(15)29)7-5-6-8-18(24-14(3)28)22(31)27(19)4/h13,15-19H,5-11H2,1-4H3,(H,24,28)(H,25,29)(H,26,30)/t15-,16+,17-,18-,19-/m1/s1. The van der Waals surface area contributed by atoms with Crippen molar-refractivity contribution in [3.63, 3.8) is 0 Å². The third-order valence-corrected chi connectivity index (χ3v) is 6.06. The van der Waals surface area contributed by atoms with Gasteiger partial charge in [0.2, 0.25) is 23.6 Å². The van der Waals surface area contributed by atoms with Gasteiger partial charge in [0.05, 0.1) is 6.07 Å². The maximum absolute atomic E-state index is 13.2. The fourth-order valence-corrected chi connectivity index (χ4v) is 4.45. The molecule has 0 aliphatic carbocycles. The molecular weight excluding hydrogens is 398 g/mol. The normalized spacial score (nSPS) is 30.6. The summed E-state index contributed by atoms with van der Waals surface area (Å²) < 4.78 is 0. The predicted octanol–water partition coefficient (Wildman–Crippen LogP) is 0.841. The van der Waals surface area contributed by atoms with Crippen LogP contribution in [0, 0.1) is 23.2 Å². The van der Waals surface area contributed by atoms with Crippen molar-refractivity contribution in [2.75, 3.05) is 7.05 Å². The van der Waals surface area contributed by atoms with Gasteiger partial charge in [-0.25, -0.2) is 0 Å². The zero-order valence-electron chi connectivity index (χ0n) is 18.9. The predicted molar refractivity (Wildman–Crippen MR) is 114 cm³/mol. The van der Waals surface area contributed by atoms with Crippen LogP contribution in [0.2, 0.25) is 0 Å². The average molecular weight is 434 g/mol. The summed E-state index contributed by atoms with van der Waals surface area (Å²) in [4.78, 5) is 51.7. The number of hydrogen-bond acceptors (Lipinski definition) is 5. The van der Waals surface area contributed by atoms with Gasteiger partial charge in [-0.2, -0.15) is 5.26 Å². The SMILES string of the molecule is CC(=O)N[C@@H]1CCCC[C@H]2C[C@H](C[C@H](C#N)NC(=O)[C@@H](CC(C)C)N(C)C1=O)C(=O)N2. The average Bonchev–Trinajstić information content (AvgIpc) is 3.04. The Balaban J connectivity index is 2.31. The van der Waals surface area contributed by atoms with Crippen molar-refractivity contribution in [3.05, 3.63) is 0 Å². The van der Waals surface area contributed by atoms with E-state index in [1.165, 1.54) is 11.8 Å². The summed E-state index contributed by atoms with van der Waals surface area (Å²) >= 11 is 0. The number of amides is 4. The first kappa shape index (κ1) is 24.6. The van der Waals surface area contributed by atoms with Crippen LogP contribution >= 0.6 is 0 Å². The Bertz CT molecular complexity index is 732. The second kappa shape index (κ2) is 11.1. The molecule has 2 heterocycles. The minimum Gasteiger partial charge on any atom is -0.353 e. The fourth-order valence-electron chi connectivity index (χ4n) is 4.45. The monoisotopic (exact) mass is 433 g/mol. The Morgan fingerprint density at radius 3 is 2.45 bits per heavy atom. The Labute approximate surface area is 184 Å². The van der Waals surface area contributed by atoms with E-state index in [2.05, 4.69) is 22.0 Å². The molecule has 0 aromatic rings. The Kier molecular flexibility index (Phi) is 8.84. The zero-order valence-corrected chi connectivity index (χ0v) is 18.9. The second-order valence-electron chi connectivity index (χ2n) is 9.20. The van der Waals surface area contributed by atoms with Crippen LogP contribution in [-0.4, -0.2) is 59.7 Å². The van der Waals surface area contributed by atoms with E-state index in [0.717, 1.165) is 12.8 Å². The van der Waals surface area contributed by atoms with Crippen molar-refractivity contribution in [2.45, 2.75) is 89.9 Å². The van der Waals surface area contributed by atoms with Crippen molar-refractivity contribution in [2.24, 2.45) is 11.8 Å². The Morgan fingerprint density at radius 2 is 1.84 bits per heavy atom. The lowest BCUT2D eigenvalue weighted by molar-refractivity contribution is -0.142. The third-order valence-electron chi connectivity index (χ3n) is 6.06. The molecule has 0 unspecified atom stereocenters. The lowest BCUT2D eigenvalue weighted by Crippen LogP contribution is -2.55. The van der Waals surface area contributed by atoms with Gasteiger partial charge in [0.25, 0.3) is 0 Å². The molecule has 2 aliphatic rings. The first-order chi connectivity index (χ1) is 14.6. The molecule has 9 nitrogen and oxygen atoms in total. The van der Waals surface area contributed by atoms with Gasteiger partial charge in [0.1, 0.15) is 18.1 Å². The van der Waals surface area contributed by atoms with Gasteiger partial charge in [-0.1, -0.05) is 26.7 Å². The van der Waals surface area contributed by atoms with Crippen molar-refractivity contribution >= 4 is 23.6 Å². The summed E-state index contributed by atoms with van der Waals surface area (Å²) in [7, 11) is 1.57. The van der Waals surface area contributed by atoms with Crippen molar-refractivity contribution in [1.29, 1.82) is 5.26 Å². The molecule has 3 N–H and O–H groups in total. The number of carbonyl (C=O) groups excluding carboxylic acids is 4. The molecule has 0 spiro atoms. The van der Waals surface area contributed by atoms with E-state index in [-0.39, 0.29) is 42.0 Å². The van der Waals surface area contributed by atoms with E-state index >= 15 is 0 Å². The molecule has 0 aromatic carbocycles. The van der Waals surface area contributed by atoms with Crippen LogP contribution in [0.1, 0.15) is 65.7 Å². The molecule has 172 valence electrons. The first-order valence-electron chi connectivity index (χ1n) is 11.2. The molecule has 5 atom stereocenters. The van der Waals surface area contributed by atoms with E-state index in [1.54, 1.807) is 7.05 Å². The molecule has 0 radical (unpaired) electrons. The number of nitrogens with zero attached hydrogens (tertiary/aromatic N) is 2. The Hall–Kier alpha value is -2.63.